The summed E-state index contributed by atoms with van der Waals surface area (Å²) in [4.78, 5) is 18.4. The van der Waals surface area contributed by atoms with Gasteiger partial charge in [0.25, 0.3) is 0 Å². The molecule has 114 valence electrons. The lowest BCUT2D eigenvalue weighted by molar-refractivity contribution is 0.0187. The minimum atomic E-state index is -0.448. The first-order valence-electron chi connectivity index (χ1n) is 7.46. The Labute approximate surface area is 130 Å². The average molecular weight is 309 g/mol. The van der Waals surface area contributed by atoms with Crippen molar-refractivity contribution in [2.75, 3.05) is 6.54 Å². The lowest BCUT2D eigenvalue weighted by Gasteiger charge is -2.30. The van der Waals surface area contributed by atoms with Crippen molar-refractivity contribution in [3.05, 3.63) is 29.0 Å². The van der Waals surface area contributed by atoms with Crippen LogP contribution in [0.2, 0.25) is 5.15 Å². The molecule has 2 fully saturated rings. The van der Waals surface area contributed by atoms with E-state index in [0.717, 1.165) is 19.4 Å². The third-order valence-electron chi connectivity index (χ3n) is 4.35. The summed E-state index contributed by atoms with van der Waals surface area (Å²) in [7, 11) is 0. The van der Waals surface area contributed by atoms with Crippen molar-refractivity contribution in [1.29, 1.82) is 0 Å². The van der Waals surface area contributed by atoms with Gasteiger partial charge in [0, 0.05) is 24.7 Å². The molecule has 0 N–H and O–H groups in total. The van der Waals surface area contributed by atoms with Crippen molar-refractivity contribution in [3.63, 3.8) is 0 Å². The number of pyridine rings is 1. The fourth-order valence-electron chi connectivity index (χ4n) is 3.61. The molecule has 21 heavy (non-hydrogen) atoms. The summed E-state index contributed by atoms with van der Waals surface area (Å²) in [5.74, 6) is 0.868. The Morgan fingerprint density at radius 3 is 2.76 bits per heavy atom. The normalized spacial score (nSPS) is 28.0. The molecular weight excluding hydrogens is 288 g/mol. The quantitative estimate of drug-likeness (QED) is 0.740. The van der Waals surface area contributed by atoms with E-state index in [1.807, 2.05) is 44.0 Å². The molecule has 1 saturated heterocycles. The zero-order chi connectivity index (χ0) is 15.2. The lowest BCUT2D eigenvalue weighted by Crippen LogP contribution is -2.41. The minimum absolute atomic E-state index is 0.193. The first-order chi connectivity index (χ1) is 9.85. The number of carbonyl (C=O) groups excluding carboxylic acids is 1. The first-order valence-corrected chi connectivity index (χ1v) is 7.84. The second-order valence-corrected chi connectivity index (χ2v) is 7.36. The second kappa shape index (κ2) is 5.16. The van der Waals surface area contributed by atoms with Gasteiger partial charge >= 0.3 is 6.09 Å². The van der Waals surface area contributed by atoms with Gasteiger partial charge < -0.3 is 9.64 Å². The summed E-state index contributed by atoms with van der Waals surface area (Å²) in [6.07, 6.45) is 3.85. The highest BCUT2D eigenvalue weighted by Gasteiger charge is 2.50. The highest BCUT2D eigenvalue weighted by Crippen LogP contribution is 2.48. The smallest absolute Gasteiger partial charge is 0.410 e. The van der Waals surface area contributed by atoms with Crippen LogP contribution in [0.15, 0.2) is 18.3 Å². The van der Waals surface area contributed by atoms with Crippen LogP contribution < -0.4 is 0 Å². The fourth-order valence-corrected chi connectivity index (χ4v) is 3.72. The molecule has 0 spiro atoms. The highest BCUT2D eigenvalue weighted by molar-refractivity contribution is 6.29. The van der Waals surface area contributed by atoms with Crippen LogP contribution >= 0.6 is 11.6 Å². The number of amides is 1. The predicted octanol–water partition coefficient (Wildman–Crippen LogP) is 3.85. The van der Waals surface area contributed by atoms with Gasteiger partial charge in [0.05, 0.1) is 0 Å². The maximum absolute atomic E-state index is 12.3. The number of hydrogen-bond donors (Lipinski definition) is 0. The molecule has 2 bridgehead atoms. The van der Waals surface area contributed by atoms with Crippen molar-refractivity contribution in [1.82, 2.24) is 9.88 Å². The third kappa shape index (κ3) is 2.86. The zero-order valence-electron chi connectivity index (χ0n) is 12.7. The van der Waals surface area contributed by atoms with Crippen molar-refractivity contribution in [2.24, 2.45) is 5.92 Å². The lowest BCUT2D eigenvalue weighted by atomic mass is 9.91. The van der Waals surface area contributed by atoms with Crippen LogP contribution in [0.25, 0.3) is 0 Å². The molecule has 3 rings (SSSR count). The maximum Gasteiger partial charge on any atom is 0.410 e. The summed E-state index contributed by atoms with van der Waals surface area (Å²) in [5.41, 5.74) is 0.730. The minimum Gasteiger partial charge on any atom is -0.444 e. The number of hydrogen-bond acceptors (Lipinski definition) is 3. The van der Waals surface area contributed by atoms with Gasteiger partial charge in [0.2, 0.25) is 0 Å². The molecule has 0 radical (unpaired) electrons. The molecule has 0 aromatic carbocycles. The van der Waals surface area contributed by atoms with Gasteiger partial charge in [-0.05, 0) is 51.2 Å². The van der Waals surface area contributed by atoms with E-state index in [4.69, 9.17) is 16.3 Å². The fraction of sp³-hybridized carbons (Fsp3) is 0.625. The largest absolute Gasteiger partial charge is 0.444 e. The summed E-state index contributed by atoms with van der Waals surface area (Å²) in [5, 5.41) is 0.507. The number of rotatable bonds is 1. The molecule has 1 aromatic heterocycles. The van der Waals surface area contributed by atoms with Crippen LogP contribution in [0.4, 0.5) is 4.79 Å². The van der Waals surface area contributed by atoms with E-state index in [-0.39, 0.29) is 12.1 Å². The van der Waals surface area contributed by atoms with Gasteiger partial charge in [-0.2, -0.15) is 0 Å². The molecule has 0 unspecified atom stereocenters. The number of likely N-dealkylation sites (tertiary alicyclic amines) is 1. The first kappa shape index (κ1) is 14.6. The van der Waals surface area contributed by atoms with Gasteiger partial charge in [-0.15, -0.1) is 0 Å². The SMILES string of the molecule is CC(C)(C)OC(=O)N1C[C@H]2CC[C@@H]1[C@H]2c1ccc(Cl)nc1. The molecule has 5 heteroatoms. The maximum atomic E-state index is 12.3. The second-order valence-electron chi connectivity index (χ2n) is 6.98. The van der Waals surface area contributed by atoms with Gasteiger partial charge in [0.15, 0.2) is 0 Å². The van der Waals surface area contributed by atoms with Gasteiger partial charge in [-0.3, -0.25) is 0 Å². The molecular formula is C16H21ClN2O2. The van der Waals surface area contributed by atoms with Crippen LogP contribution in [-0.4, -0.2) is 34.2 Å². The number of nitrogens with zero attached hydrogens (tertiary/aromatic N) is 2. The third-order valence-corrected chi connectivity index (χ3v) is 4.57. The summed E-state index contributed by atoms with van der Waals surface area (Å²) >= 11 is 5.86. The summed E-state index contributed by atoms with van der Waals surface area (Å²) in [6.45, 7) is 6.49. The number of halogens is 1. The van der Waals surface area contributed by atoms with E-state index >= 15 is 0 Å². The standard InChI is InChI=1S/C16H21ClN2O2/c1-16(2,3)21-15(20)19-9-11-4-6-12(19)14(11)10-5-7-13(17)18-8-10/h5,7-8,11-12,14H,4,6,9H2,1-3H3/t11-,12-,14+/m1/s1. The van der Waals surface area contributed by atoms with Crippen molar-refractivity contribution in [3.8, 4) is 0 Å². The van der Waals surface area contributed by atoms with Gasteiger partial charge in [-0.25, -0.2) is 9.78 Å². The zero-order valence-corrected chi connectivity index (χ0v) is 13.4. The van der Waals surface area contributed by atoms with Crippen LogP contribution in [0.5, 0.6) is 0 Å². The molecule has 1 aliphatic carbocycles. The molecule has 3 atom stereocenters. The molecule has 1 aliphatic heterocycles. The topological polar surface area (TPSA) is 42.4 Å². The van der Waals surface area contributed by atoms with Gasteiger partial charge in [-0.1, -0.05) is 17.7 Å². The van der Waals surface area contributed by atoms with Crippen molar-refractivity contribution < 1.29 is 9.53 Å². The number of ether oxygens (including phenoxy) is 1. The Kier molecular flexibility index (Phi) is 3.60. The summed E-state index contributed by atoms with van der Waals surface area (Å²) < 4.78 is 5.53. The van der Waals surface area contributed by atoms with Crippen molar-refractivity contribution >= 4 is 17.7 Å². The number of carbonyl (C=O) groups is 1. The predicted molar refractivity (Wildman–Crippen MR) is 81.4 cm³/mol. The Morgan fingerprint density at radius 2 is 2.14 bits per heavy atom. The van der Waals surface area contributed by atoms with E-state index in [0.29, 0.717) is 17.0 Å². The number of aromatic nitrogens is 1. The molecule has 1 saturated carbocycles. The molecule has 4 nitrogen and oxygen atoms in total. The number of piperidine rings is 1. The Morgan fingerprint density at radius 1 is 1.38 bits per heavy atom. The van der Waals surface area contributed by atoms with E-state index < -0.39 is 5.60 Å². The molecule has 2 aliphatic rings. The molecule has 1 aromatic rings. The Hall–Kier alpha value is -1.29. The van der Waals surface area contributed by atoms with Gasteiger partial charge in [0.1, 0.15) is 10.8 Å². The van der Waals surface area contributed by atoms with Crippen molar-refractivity contribution in [2.45, 2.75) is 51.2 Å². The number of fused-ring (bicyclic) bond motifs is 2. The molecule has 2 heterocycles. The molecule has 1 amide bonds. The Bertz CT molecular complexity index is 538. The highest BCUT2D eigenvalue weighted by atomic mass is 35.5. The monoisotopic (exact) mass is 308 g/mol. The van der Waals surface area contributed by atoms with E-state index in [2.05, 4.69) is 4.98 Å². The Balaban J connectivity index is 1.78. The van der Waals surface area contributed by atoms with Crippen LogP contribution in [0.3, 0.4) is 0 Å². The van der Waals surface area contributed by atoms with Crippen LogP contribution in [0, 0.1) is 5.92 Å². The van der Waals surface area contributed by atoms with E-state index in [1.165, 1.54) is 5.56 Å². The van der Waals surface area contributed by atoms with Crippen LogP contribution in [0.1, 0.15) is 45.1 Å². The van der Waals surface area contributed by atoms with E-state index in [9.17, 15) is 4.79 Å². The van der Waals surface area contributed by atoms with E-state index in [1.54, 1.807) is 0 Å². The average Bonchev–Trinajstić information content (AvgIpc) is 2.95. The summed E-state index contributed by atoms with van der Waals surface area (Å²) in [6, 6.07) is 4.09. The van der Waals surface area contributed by atoms with Crippen LogP contribution in [-0.2, 0) is 4.74 Å².